The van der Waals surface area contributed by atoms with Gasteiger partial charge in [-0.15, -0.1) is 0 Å². The van der Waals surface area contributed by atoms with Gasteiger partial charge in [-0.3, -0.25) is 14.6 Å². The zero-order valence-corrected chi connectivity index (χ0v) is 19.3. The number of hydrogen-bond acceptors (Lipinski definition) is 5. The molecule has 1 aromatic carbocycles. The second-order valence-corrected chi connectivity index (χ2v) is 7.97. The van der Waals surface area contributed by atoms with Gasteiger partial charge in [0.1, 0.15) is 11.5 Å². The van der Waals surface area contributed by atoms with E-state index >= 15 is 0 Å². The van der Waals surface area contributed by atoms with E-state index in [1.165, 1.54) is 0 Å². The molecule has 0 amide bonds. The van der Waals surface area contributed by atoms with Crippen molar-refractivity contribution in [2.75, 3.05) is 53.5 Å². The van der Waals surface area contributed by atoms with E-state index in [9.17, 15) is 0 Å². The normalized spacial score (nSPS) is 16.3. The highest BCUT2D eigenvalue weighted by molar-refractivity contribution is 5.80. The molecule has 1 aromatic heterocycles. The first-order valence-electron chi connectivity index (χ1n) is 11.1. The topological polar surface area (TPSA) is 67.2 Å². The number of ether oxygens (including phenoxy) is 2. The fraction of sp³-hybridized carbons (Fsp3) is 0.565. The van der Waals surface area contributed by atoms with E-state index in [0.717, 1.165) is 75.4 Å². The molecule has 2 heterocycles. The van der Waals surface area contributed by atoms with Crippen molar-refractivity contribution in [1.82, 2.24) is 24.9 Å². The number of aromatic nitrogens is 2. The highest BCUT2D eigenvalue weighted by Gasteiger charge is 2.21. The lowest BCUT2D eigenvalue weighted by Crippen LogP contribution is -2.52. The van der Waals surface area contributed by atoms with E-state index in [-0.39, 0.29) is 0 Å². The van der Waals surface area contributed by atoms with Crippen molar-refractivity contribution in [3.8, 4) is 11.5 Å². The zero-order valence-electron chi connectivity index (χ0n) is 19.3. The summed E-state index contributed by atoms with van der Waals surface area (Å²) in [6, 6.07) is 7.94. The molecule has 0 saturated carbocycles. The van der Waals surface area contributed by atoms with Crippen LogP contribution in [0.1, 0.15) is 19.4 Å². The third-order valence-electron chi connectivity index (χ3n) is 5.50. The molecule has 1 aliphatic heterocycles. The van der Waals surface area contributed by atoms with Gasteiger partial charge in [0.2, 0.25) is 0 Å². The Morgan fingerprint density at radius 2 is 2.00 bits per heavy atom. The highest BCUT2D eigenvalue weighted by atomic mass is 16.5. The molecule has 0 spiro atoms. The van der Waals surface area contributed by atoms with Crippen LogP contribution < -0.4 is 14.8 Å². The Balaban J connectivity index is 1.55. The summed E-state index contributed by atoms with van der Waals surface area (Å²) >= 11 is 0. The number of piperazine rings is 1. The molecule has 170 valence electrons. The van der Waals surface area contributed by atoms with Crippen LogP contribution in [0, 0.1) is 5.92 Å². The van der Waals surface area contributed by atoms with Crippen LogP contribution in [0.4, 0.5) is 0 Å². The third-order valence-corrected chi connectivity index (χ3v) is 5.50. The standard InChI is InChI=1S/C23H36N6O2/c1-5-24-23(25-16-19(2)17-29-10-6-9-26-29)28-13-11-27(12-14-28)18-20-15-21(30-3)7-8-22(20)31-4/h6-10,15,19H,5,11-14,16-18H2,1-4H3,(H,24,25). The van der Waals surface area contributed by atoms with Gasteiger partial charge in [0, 0.05) is 70.3 Å². The van der Waals surface area contributed by atoms with E-state index < -0.39 is 0 Å². The summed E-state index contributed by atoms with van der Waals surface area (Å²) in [7, 11) is 3.41. The molecule has 0 radical (unpaired) electrons. The number of hydrogen-bond donors (Lipinski definition) is 1. The Hall–Kier alpha value is -2.74. The molecule has 1 N–H and O–H groups in total. The van der Waals surface area contributed by atoms with E-state index in [1.54, 1.807) is 14.2 Å². The molecule has 1 atom stereocenters. The van der Waals surface area contributed by atoms with E-state index in [0.29, 0.717) is 5.92 Å². The lowest BCUT2D eigenvalue weighted by atomic mass is 10.1. The Bertz CT molecular complexity index is 815. The van der Waals surface area contributed by atoms with Gasteiger partial charge in [0.25, 0.3) is 0 Å². The minimum absolute atomic E-state index is 0.426. The smallest absolute Gasteiger partial charge is 0.194 e. The predicted octanol–water partition coefficient (Wildman–Crippen LogP) is 2.32. The third kappa shape index (κ3) is 6.62. The molecule has 1 aliphatic rings. The van der Waals surface area contributed by atoms with Crippen LogP contribution in [0.25, 0.3) is 0 Å². The fourth-order valence-electron chi connectivity index (χ4n) is 3.82. The Labute approximate surface area is 185 Å². The maximum absolute atomic E-state index is 5.54. The summed E-state index contributed by atoms with van der Waals surface area (Å²) < 4.78 is 12.9. The van der Waals surface area contributed by atoms with Gasteiger partial charge in [-0.05, 0) is 37.1 Å². The molecule has 3 rings (SSSR count). The summed E-state index contributed by atoms with van der Waals surface area (Å²) in [6.45, 7) is 11.6. The Morgan fingerprint density at radius 1 is 1.19 bits per heavy atom. The monoisotopic (exact) mass is 428 g/mol. The second kappa shape index (κ2) is 11.6. The molecule has 2 aromatic rings. The van der Waals surface area contributed by atoms with Crippen molar-refractivity contribution >= 4 is 5.96 Å². The van der Waals surface area contributed by atoms with Gasteiger partial charge >= 0.3 is 0 Å². The number of aliphatic imine (C=N–C) groups is 1. The first-order valence-corrected chi connectivity index (χ1v) is 11.1. The van der Waals surface area contributed by atoms with Crippen LogP contribution in [0.3, 0.4) is 0 Å². The number of methoxy groups -OCH3 is 2. The quantitative estimate of drug-likeness (QED) is 0.488. The summed E-state index contributed by atoms with van der Waals surface area (Å²) in [5.41, 5.74) is 1.16. The number of rotatable bonds is 9. The largest absolute Gasteiger partial charge is 0.497 e. The molecule has 31 heavy (non-hydrogen) atoms. The molecule has 0 bridgehead atoms. The van der Waals surface area contributed by atoms with Gasteiger partial charge in [-0.25, -0.2) is 0 Å². The van der Waals surface area contributed by atoms with Crippen LogP contribution in [0.2, 0.25) is 0 Å². The van der Waals surface area contributed by atoms with Gasteiger partial charge in [0.05, 0.1) is 14.2 Å². The van der Waals surface area contributed by atoms with Crippen LogP contribution in [-0.2, 0) is 13.1 Å². The molecule has 1 fully saturated rings. The lowest BCUT2D eigenvalue weighted by Gasteiger charge is -2.36. The Morgan fingerprint density at radius 3 is 2.65 bits per heavy atom. The zero-order chi connectivity index (χ0) is 22.1. The van der Waals surface area contributed by atoms with Crippen molar-refractivity contribution in [3.05, 3.63) is 42.2 Å². The fourth-order valence-corrected chi connectivity index (χ4v) is 3.82. The van der Waals surface area contributed by atoms with Crippen molar-refractivity contribution in [2.24, 2.45) is 10.9 Å². The van der Waals surface area contributed by atoms with Gasteiger partial charge < -0.3 is 19.7 Å². The van der Waals surface area contributed by atoms with Crippen LogP contribution in [-0.4, -0.2) is 79.0 Å². The molecule has 1 unspecified atom stereocenters. The SMILES string of the molecule is CCNC(=NCC(C)Cn1cccn1)N1CCN(Cc2cc(OC)ccc2OC)CC1. The van der Waals surface area contributed by atoms with E-state index in [2.05, 4.69) is 40.1 Å². The van der Waals surface area contributed by atoms with Crippen LogP contribution in [0.5, 0.6) is 11.5 Å². The first-order chi connectivity index (χ1) is 15.1. The first kappa shape index (κ1) is 22.9. The average molecular weight is 429 g/mol. The minimum Gasteiger partial charge on any atom is -0.497 e. The molecular weight excluding hydrogens is 392 g/mol. The number of benzene rings is 1. The average Bonchev–Trinajstić information content (AvgIpc) is 3.30. The molecule has 0 aliphatic carbocycles. The van der Waals surface area contributed by atoms with Crippen LogP contribution in [0.15, 0.2) is 41.7 Å². The molecule has 8 nitrogen and oxygen atoms in total. The summed E-state index contributed by atoms with van der Waals surface area (Å²) in [6.07, 6.45) is 3.82. The van der Waals surface area contributed by atoms with Crippen molar-refractivity contribution in [2.45, 2.75) is 26.9 Å². The maximum atomic E-state index is 5.54. The minimum atomic E-state index is 0.426. The Kier molecular flexibility index (Phi) is 8.58. The van der Waals surface area contributed by atoms with Gasteiger partial charge in [-0.1, -0.05) is 6.92 Å². The van der Waals surface area contributed by atoms with E-state index in [1.807, 2.05) is 35.3 Å². The van der Waals surface area contributed by atoms with Gasteiger partial charge in [0.15, 0.2) is 5.96 Å². The number of nitrogens with zero attached hydrogens (tertiary/aromatic N) is 5. The lowest BCUT2D eigenvalue weighted by molar-refractivity contribution is 0.170. The number of nitrogens with one attached hydrogen (secondary N) is 1. The number of guanidine groups is 1. The summed E-state index contributed by atoms with van der Waals surface area (Å²) in [5.74, 6) is 3.20. The van der Waals surface area contributed by atoms with Crippen molar-refractivity contribution in [1.29, 1.82) is 0 Å². The summed E-state index contributed by atoms with van der Waals surface area (Å²) in [4.78, 5) is 9.73. The summed E-state index contributed by atoms with van der Waals surface area (Å²) in [5, 5.41) is 7.76. The molecular formula is C23H36N6O2. The highest BCUT2D eigenvalue weighted by Crippen LogP contribution is 2.25. The van der Waals surface area contributed by atoms with E-state index in [4.69, 9.17) is 14.5 Å². The predicted molar refractivity (Wildman–Crippen MR) is 124 cm³/mol. The molecule has 1 saturated heterocycles. The maximum Gasteiger partial charge on any atom is 0.194 e. The van der Waals surface area contributed by atoms with Gasteiger partial charge in [-0.2, -0.15) is 5.10 Å². The second-order valence-electron chi connectivity index (χ2n) is 7.97. The van der Waals surface area contributed by atoms with Crippen molar-refractivity contribution < 1.29 is 9.47 Å². The van der Waals surface area contributed by atoms with Crippen molar-refractivity contribution in [3.63, 3.8) is 0 Å². The van der Waals surface area contributed by atoms with Crippen LogP contribution >= 0.6 is 0 Å². The molecule has 8 heteroatoms.